The molecule has 27 heavy (non-hydrogen) atoms. The zero-order chi connectivity index (χ0) is 19.4. The van der Waals surface area contributed by atoms with Gasteiger partial charge < -0.3 is 14.8 Å². The van der Waals surface area contributed by atoms with E-state index in [-0.39, 0.29) is 30.8 Å². The fourth-order valence-corrected chi connectivity index (χ4v) is 3.13. The molecule has 8 heteroatoms. The molecule has 0 unspecified atom stereocenters. The minimum atomic E-state index is -0.359. The van der Waals surface area contributed by atoms with Crippen molar-refractivity contribution < 1.29 is 14.7 Å². The molecule has 1 aromatic carbocycles. The van der Waals surface area contributed by atoms with Gasteiger partial charge in [0.1, 0.15) is 12.8 Å². The minimum Gasteiger partial charge on any atom is -0.399 e. The molecule has 2 aromatic rings. The molecule has 1 aliphatic rings. The Balaban J connectivity index is 1.84. The van der Waals surface area contributed by atoms with Gasteiger partial charge in [-0.2, -0.15) is 5.26 Å². The summed E-state index contributed by atoms with van der Waals surface area (Å²) >= 11 is 0. The summed E-state index contributed by atoms with van der Waals surface area (Å²) in [6.45, 7) is 1.96. The molecule has 1 aromatic heterocycles. The van der Waals surface area contributed by atoms with Crippen molar-refractivity contribution in [3.05, 3.63) is 47.4 Å². The first-order valence-corrected chi connectivity index (χ1v) is 8.42. The van der Waals surface area contributed by atoms with Crippen LogP contribution in [0, 0.1) is 18.3 Å². The van der Waals surface area contributed by atoms with Crippen molar-refractivity contribution in [3.8, 4) is 17.3 Å². The van der Waals surface area contributed by atoms with Gasteiger partial charge in [0.25, 0.3) is 5.91 Å². The standard InChI is InChI=1S/C19H19N5O3/c1-12-13(7-20)4-3-5-16(12)17-8-22-18(9-21-17)19(26)24-10-14(23-27-2)6-15(24)11-25/h3-5,8-9,15,25H,6,10-11H2,1-2H3/b23-14-/t15-/m0/s1. The van der Waals surface area contributed by atoms with E-state index in [2.05, 4.69) is 21.2 Å². The summed E-state index contributed by atoms with van der Waals surface area (Å²) in [6, 6.07) is 7.17. The first-order chi connectivity index (χ1) is 13.1. The second kappa shape index (κ2) is 7.93. The van der Waals surface area contributed by atoms with E-state index < -0.39 is 0 Å². The van der Waals surface area contributed by atoms with Crippen LogP contribution >= 0.6 is 0 Å². The van der Waals surface area contributed by atoms with E-state index in [4.69, 9.17) is 10.1 Å². The lowest BCUT2D eigenvalue weighted by Gasteiger charge is -2.21. The van der Waals surface area contributed by atoms with Gasteiger partial charge in [0.2, 0.25) is 0 Å². The molecule has 0 bridgehead atoms. The lowest BCUT2D eigenvalue weighted by molar-refractivity contribution is 0.0674. The Morgan fingerprint density at radius 3 is 2.89 bits per heavy atom. The van der Waals surface area contributed by atoms with Gasteiger partial charge in [0.15, 0.2) is 0 Å². The van der Waals surface area contributed by atoms with Crippen LogP contribution in [0.3, 0.4) is 0 Å². The van der Waals surface area contributed by atoms with Gasteiger partial charge in [0, 0.05) is 12.0 Å². The predicted molar refractivity (Wildman–Crippen MR) is 97.9 cm³/mol. The highest BCUT2D eigenvalue weighted by Gasteiger charge is 2.34. The predicted octanol–water partition coefficient (Wildman–Crippen LogP) is 1.53. The number of carbonyl (C=O) groups excluding carboxylic acids is 1. The molecular formula is C19H19N5O3. The van der Waals surface area contributed by atoms with Crippen LogP contribution in [0.25, 0.3) is 11.3 Å². The van der Waals surface area contributed by atoms with Crippen molar-refractivity contribution in [1.82, 2.24) is 14.9 Å². The Morgan fingerprint density at radius 2 is 2.26 bits per heavy atom. The number of amides is 1. The number of aromatic nitrogens is 2. The highest BCUT2D eigenvalue weighted by molar-refractivity contribution is 5.99. The van der Waals surface area contributed by atoms with E-state index in [1.54, 1.807) is 12.1 Å². The number of oxime groups is 1. The largest absolute Gasteiger partial charge is 0.399 e. The van der Waals surface area contributed by atoms with Crippen LogP contribution in [-0.4, -0.2) is 57.9 Å². The van der Waals surface area contributed by atoms with E-state index in [0.717, 1.165) is 11.1 Å². The molecule has 1 amide bonds. The Bertz CT molecular complexity index is 918. The third-order valence-corrected chi connectivity index (χ3v) is 4.56. The Morgan fingerprint density at radius 1 is 1.44 bits per heavy atom. The summed E-state index contributed by atoms with van der Waals surface area (Å²) in [5, 5.41) is 22.6. The molecule has 1 N–H and O–H groups in total. The van der Waals surface area contributed by atoms with E-state index in [0.29, 0.717) is 23.4 Å². The Hall–Kier alpha value is -3.31. The topological polar surface area (TPSA) is 112 Å². The van der Waals surface area contributed by atoms with Crippen molar-refractivity contribution in [2.45, 2.75) is 19.4 Å². The second-order valence-corrected chi connectivity index (χ2v) is 6.19. The summed E-state index contributed by atoms with van der Waals surface area (Å²) < 4.78 is 0. The van der Waals surface area contributed by atoms with Crippen molar-refractivity contribution in [2.24, 2.45) is 5.16 Å². The first-order valence-electron chi connectivity index (χ1n) is 8.42. The van der Waals surface area contributed by atoms with Crippen LogP contribution < -0.4 is 0 Å². The Labute approximate surface area is 156 Å². The number of benzene rings is 1. The van der Waals surface area contributed by atoms with Crippen LogP contribution in [0.1, 0.15) is 28.0 Å². The van der Waals surface area contributed by atoms with E-state index in [9.17, 15) is 9.90 Å². The number of aliphatic hydroxyl groups excluding tert-OH is 1. The maximum absolute atomic E-state index is 12.8. The number of likely N-dealkylation sites (tertiary alicyclic amines) is 1. The van der Waals surface area contributed by atoms with E-state index in [1.165, 1.54) is 24.4 Å². The number of aliphatic hydroxyl groups is 1. The molecule has 0 spiro atoms. The van der Waals surface area contributed by atoms with Crippen LogP contribution in [0.15, 0.2) is 35.7 Å². The average molecular weight is 365 g/mol. The lowest BCUT2D eigenvalue weighted by Crippen LogP contribution is -2.38. The highest BCUT2D eigenvalue weighted by Crippen LogP contribution is 2.24. The maximum atomic E-state index is 12.8. The fourth-order valence-electron chi connectivity index (χ4n) is 3.13. The van der Waals surface area contributed by atoms with Crippen molar-refractivity contribution in [1.29, 1.82) is 5.26 Å². The number of hydrogen-bond acceptors (Lipinski definition) is 7. The zero-order valence-electron chi connectivity index (χ0n) is 15.1. The van der Waals surface area contributed by atoms with Crippen LogP contribution in [0.2, 0.25) is 0 Å². The van der Waals surface area contributed by atoms with Crippen molar-refractivity contribution >= 4 is 11.6 Å². The molecule has 0 radical (unpaired) electrons. The van der Waals surface area contributed by atoms with Crippen molar-refractivity contribution in [3.63, 3.8) is 0 Å². The first kappa shape index (κ1) is 18.5. The molecule has 3 rings (SSSR count). The lowest BCUT2D eigenvalue weighted by atomic mass is 10.0. The number of rotatable bonds is 4. The molecule has 138 valence electrons. The van der Waals surface area contributed by atoms with Gasteiger partial charge >= 0.3 is 0 Å². The highest BCUT2D eigenvalue weighted by atomic mass is 16.6. The molecule has 2 heterocycles. The third kappa shape index (κ3) is 3.64. The third-order valence-electron chi connectivity index (χ3n) is 4.56. The van der Waals surface area contributed by atoms with Crippen LogP contribution in [-0.2, 0) is 4.84 Å². The summed E-state index contributed by atoms with van der Waals surface area (Å²) in [4.78, 5) is 27.6. The summed E-state index contributed by atoms with van der Waals surface area (Å²) in [6.07, 6.45) is 3.39. The zero-order valence-corrected chi connectivity index (χ0v) is 15.1. The van der Waals surface area contributed by atoms with Gasteiger partial charge in [-0.05, 0) is 18.6 Å². The van der Waals surface area contributed by atoms with Crippen LogP contribution in [0.4, 0.5) is 0 Å². The molecule has 1 fully saturated rings. The summed E-state index contributed by atoms with van der Waals surface area (Å²) in [5.41, 5.74) is 3.65. The van der Waals surface area contributed by atoms with Gasteiger partial charge in [-0.3, -0.25) is 9.78 Å². The Kier molecular flexibility index (Phi) is 5.43. The molecule has 0 saturated carbocycles. The smallest absolute Gasteiger partial charge is 0.274 e. The van der Waals surface area contributed by atoms with Gasteiger partial charge in [-0.25, -0.2) is 4.98 Å². The van der Waals surface area contributed by atoms with Crippen LogP contribution in [0.5, 0.6) is 0 Å². The van der Waals surface area contributed by atoms with Gasteiger partial charge in [0.05, 0.1) is 54.6 Å². The average Bonchev–Trinajstić information content (AvgIpc) is 3.11. The number of nitrogens with zero attached hydrogens (tertiary/aromatic N) is 5. The minimum absolute atomic E-state index is 0.167. The number of hydrogen-bond donors (Lipinski definition) is 1. The molecule has 1 atom stereocenters. The van der Waals surface area contributed by atoms with E-state index >= 15 is 0 Å². The van der Waals surface area contributed by atoms with Crippen molar-refractivity contribution in [2.75, 3.05) is 20.3 Å². The molecule has 8 nitrogen and oxygen atoms in total. The number of carbonyl (C=O) groups is 1. The fraction of sp³-hybridized carbons (Fsp3) is 0.316. The molecular weight excluding hydrogens is 346 g/mol. The normalized spacial score (nSPS) is 17.8. The quantitative estimate of drug-likeness (QED) is 0.823. The maximum Gasteiger partial charge on any atom is 0.274 e. The van der Waals surface area contributed by atoms with Gasteiger partial charge in [-0.15, -0.1) is 0 Å². The van der Waals surface area contributed by atoms with E-state index in [1.807, 2.05) is 13.0 Å². The second-order valence-electron chi connectivity index (χ2n) is 6.19. The SMILES string of the molecule is CO/N=C1/C[C@@H](CO)N(C(=O)c2cnc(-c3cccc(C#N)c3C)cn2)C1. The molecule has 1 aliphatic heterocycles. The molecule has 0 aliphatic carbocycles. The number of nitriles is 1. The monoisotopic (exact) mass is 365 g/mol. The summed E-state index contributed by atoms with van der Waals surface area (Å²) in [5.74, 6) is -0.322. The summed E-state index contributed by atoms with van der Waals surface area (Å²) in [7, 11) is 1.44. The molecule has 1 saturated heterocycles. The van der Waals surface area contributed by atoms with Gasteiger partial charge in [-0.1, -0.05) is 17.3 Å².